The third-order valence-corrected chi connectivity index (χ3v) is 0. The summed E-state index contributed by atoms with van der Waals surface area (Å²) in [6.07, 6.45) is 0. The minimum atomic E-state index is -3.29. The van der Waals surface area contributed by atoms with Crippen LogP contribution >= 0.6 is 0 Å². The van der Waals surface area contributed by atoms with Gasteiger partial charge in [0, 0.05) is 0 Å². The number of hydrogen-bond acceptors (Lipinski definition) is 1. The number of rotatable bonds is 0. The van der Waals surface area contributed by atoms with Gasteiger partial charge >= 0.3 is 46.5 Å². The fraction of sp³-hybridized carbons (Fsp3) is 0. The summed E-state index contributed by atoms with van der Waals surface area (Å²) in [5.74, 6) is 0. The van der Waals surface area contributed by atoms with Gasteiger partial charge in [-0.3, -0.25) is 0 Å². The van der Waals surface area contributed by atoms with Gasteiger partial charge in [0.25, 0.3) is 0 Å². The molecule has 0 aliphatic rings. The summed E-state index contributed by atoms with van der Waals surface area (Å²) in [5.41, 5.74) is 0. The van der Waals surface area contributed by atoms with E-state index in [0.717, 1.165) is 0 Å². The van der Waals surface area contributed by atoms with Crippen LogP contribution in [-0.2, 0) is 3.83 Å². The Bertz CT molecular complexity index is 29.9. The van der Waals surface area contributed by atoms with Gasteiger partial charge in [0.1, 0.15) is 0 Å². The first kappa shape index (κ1) is 9.30. The van der Waals surface area contributed by atoms with E-state index in [1.165, 1.54) is 0 Å². The van der Waals surface area contributed by atoms with Gasteiger partial charge in [-0.25, -0.2) is 0 Å². The van der Waals surface area contributed by atoms with Crippen LogP contribution in [0.25, 0.3) is 0 Å². The van der Waals surface area contributed by atoms with Gasteiger partial charge in [0.15, 0.2) is 0 Å². The zero-order valence-electron chi connectivity index (χ0n) is 1.71. The summed E-state index contributed by atoms with van der Waals surface area (Å²) in [6.45, 7) is 0. The van der Waals surface area contributed by atoms with Crippen LogP contribution in [0.15, 0.2) is 0 Å². The van der Waals surface area contributed by atoms with Crippen molar-refractivity contribution >= 4 is 34.3 Å². The van der Waals surface area contributed by atoms with E-state index in [1.807, 2.05) is 0 Å². The van der Waals surface area contributed by atoms with Crippen LogP contribution < -0.4 is 0 Å². The monoisotopic (exact) mass is 202 g/mol. The molecule has 0 aromatic rings. The molecule has 5 heavy (non-hydrogen) atoms. The van der Waals surface area contributed by atoms with Crippen molar-refractivity contribution in [1.29, 1.82) is 0 Å². The van der Waals surface area contributed by atoms with Gasteiger partial charge < -0.3 is 0 Å². The first-order chi connectivity index (χ1) is 1.73. The molecule has 0 aliphatic heterocycles. The van der Waals surface area contributed by atoms with E-state index in [4.69, 9.17) is 12.2 Å². The van der Waals surface area contributed by atoms with Gasteiger partial charge in [0.05, 0.1) is 0 Å². The molecule has 0 aliphatic carbocycles. The fourth-order valence-electron chi connectivity index (χ4n) is 0. The van der Waals surface area contributed by atoms with Crippen LogP contribution in [0.2, 0.25) is 0 Å². The zero-order valence-corrected chi connectivity index (χ0v) is 3.42. The van der Waals surface area contributed by atoms with Crippen LogP contribution in [0.1, 0.15) is 0 Å². The van der Waals surface area contributed by atoms with Crippen molar-refractivity contribution in [3.63, 3.8) is 0 Å². The second-order valence-corrected chi connectivity index (χ2v) is 1.20. The third kappa shape index (κ3) is 52.6. The zero-order chi connectivity index (χ0) is 3.58. The quantitative estimate of drug-likeness (QED) is 0.417. The van der Waals surface area contributed by atoms with Crippen molar-refractivity contribution < 1.29 is 12.2 Å². The molecule has 0 atom stereocenters. The molecule has 0 amide bonds. The molecule has 0 fully saturated rings. The Morgan fingerprint density at radius 1 is 1.40 bits per heavy atom. The van der Waals surface area contributed by atoms with E-state index in [2.05, 4.69) is 0 Å². The minimum absolute atomic E-state index is 0. The molecule has 0 unspecified atom stereocenters. The standard InChI is InChI=1S/Ga.H2O3Se.3H/c;1-4(2)3;;;/h;(H2,1,2,3);;;. The number of hydrogen-bond donors (Lipinski definition) is 2. The molecule has 0 heterocycles. The molecule has 2 N–H and O–H groups in total. The molecular formula is H5GaO3Se. The van der Waals surface area contributed by atoms with Crippen LogP contribution in [0.3, 0.4) is 0 Å². The Kier molecular flexibility index (Phi) is 9.07. The van der Waals surface area contributed by atoms with Gasteiger partial charge in [-0.1, -0.05) is 0 Å². The van der Waals surface area contributed by atoms with E-state index in [-0.39, 0.29) is 19.8 Å². The van der Waals surface area contributed by atoms with E-state index in [9.17, 15) is 0 Å². The van der Waals surface area contributed by atoms with E-state index in [1.54, 1.807) is 0 Å². The maximum absolute atomic E-state index is 8.76. The normalized spacial score (nSPS) is 7.00. The molecule has 5 heteroatoms. The summed E-state index contributed by atoms with van der Waals surface area (Å²) in [6, 6.07) is 0. The topological polar surface area (TPSA) is 57.5 Å². The molecule has 0 bridgehead atoms. The van der Waals surface area contributed by atoms with Crippen LogP contribution in [0.5, 0.6) is 0 Å². The van der Waals surface area contributed by atoms with Crippen molar-refractivity contribution in [3.05, 3.63) is 0 Å². The molecule has 3 nitrogen and oxygen atoms in total. The molecule has 0 saturated heterocycles. The SMILES string of the molecule is O=[Se](O)O.[GaH3]. The average molecular weight is 202 g/mol. The summed E-state index contributed by atoms with van der Waals surface area (Å²) < 4.78 is 23.1. The van der Waals surface area contributed by atoms with Crippen molar-refractivity contribution in [2.24, 2.45) is 0 Å². The summed E-state index contributed by atoms with van der Waals surface area (Å²) in [5, 5.41) is 0. The van der Waals surface area contributed by atoms with E-state index in [0.29, 0.717) is 0 Å². The van der Waals surface area contributed by atoms with E-state index >= 15 is 0 Å². The Morgan fingerprint density at radius 3 is 1.40 bits per heavy atom. The Morgan fingerprint density at radius 2 is 1.40 bits per heavy atom. The van der Waals surface area contributed by atoms with Crippen molar-refractivity contribution in [3.8, 4) is 0 Å². The summed E-state index contributed by atoms with van der Waals surface area (Å²) in [7, 11) is 0. The first-order valence-electron chi connectivity index (χ1n) is 0.532. The van der Waals surface area contributed by atoms with Crippen molar-refractivity contribution in [2.75, 3.05) is 0 Å². The van der Waals surface area contributed by atoms with Gasteiger partial charge in [-0.15, -0.1) is 0 Å². The van der Waals surface area contributed by atoms with Gasteiger partial charge in [-0.2, -0.15) is 0 Å². The van der Waals surface area contributed by atoms with Crippen molar-refractivity contribution in [2.45, 2.75) is 0 Å². The second-order valence-electron chi connectivity index (χ2n) is 0.231. The second kappa shape index (κ2) is 4.88. The Labute approximate surface area is 46.8 Å². The third-order valence-electron chi connectivity index (χ3n) is 0. The molecule has 0 aromatic carbocycles. The van der Waals surface area contributed by atoms with Crippen LogP contribution in [0, 0.1) is 0 Å². The van der Waals surface area contributed by atoms with Crippen molar-refractivity contribution in [1.82, 2.24) is 0 Å². The van der Waals surface area contributed by atoms with Gasteiger partial charge in [-0.05, 0) is 0 Å². The fourth-order valence-corrected chi connectivity index (χ4v) is 0. The predicted octanol–water partition coefficient (Wildman–Crippen LogP) is -2.80. The molecule has 0 radical (unpaired) electrons. The average Bonchev–Trinajstić information content (AvgIpc) is 0.811. The summed E-state index contributed by atoms with van der Waals surface area (Å²) >= 11 is -3.29. The van der Waals surface area contributed by atoms with Gasteiger partial charge in [0.2, 0.25) is 0 Å². The van der Waals surface area contributed by atoms with Crippen LogP contribution in [-0.4, -0.2) is 42.7 Å². The molecule has 0 aromatic heterocycles. The molecule has 0 spiro atoms. The molecule has 32 valence electrons. The molecular weight excluding hydrogens is 197 g/mol. The summed E-state index contributed by atoms with van der Waals surface area (Å²) in [4.78, 5) is 0. The maximum atomic E-state index is 8.76. The Balaban J connectivity index is 0. The Hall–Kier alpha value is 0.876. The molecule has 0 rings (SSSR count). The predicted molar refractivity (Wildman–Crippen MR) is 20.8 cm³/mol. The van der Waals surface area contributed by atoms with E-state index < -0.39 is 14.5 Å². The molecule has 0 saturated carbocycles. The first-order valence-corrected chi connectivity index (χ1v) is 2.76. The van der Waals surface area contributed by atoms with Crippen LogP contribution in [0.4, 0.5) is 0 Å².